The van der Waals surface area contributed by atoms with Gasteiger partial charge in [-0.25, -0.2) is 18.5 Å². The van der Waals surface area contributed by atoms with Crippen molar-refractivity contribution in [2.24, 2.45) is 5.14 Å². The molecule has 0 spiro atoms. The van der Waals surface area contributed by atoms with Crippen LogP contribution >= 0.6 is 0 Å². The summed E-state index contributed by atoms with van der Waals surface area (Å²) in [6.07, 6.45) is 0.0557. The summed E-state index contributed by atoms with van der Waals surface area (Å²) in [6.45, 7) is 0.311. The van der Waals surface area contributed by atoms with E-state index in [2.05, 4.69) is 5.32 Å². The zero-order chi connectivity index (χ0) is 19.6. The number of sulfonamides is 1. The second-order valence-electron chi connectivity index (χ2n) is 6.09. The monoisotopic (exact) mass is 389 g/mol. The average molecular weight is 389 g/mol. The maximum Gasteiger partial charge on any atom is 0.251 e. The van der Waals surface area contributed by atoms with Crippen LogP contribution in [-0.4, -0.2) is 33.4 Å². The largest absolute Gasteiger partial charge is 0.497 e. The molecule has 1 aliphatic heterocycles. The van der Waals surface area contributed by atoms with Crippen LogP contribution in [0.25, 0.3) is 0 Å². The molecule has 27 heavy (non-hydrogen) atoms. The number of rotatable bonds is 6. The summed E-state index contributed by atoms with van der Waals surface area (Å²) in [5.41, 5.74) is 1.26. The van der Waals surface area contributed by atoms with E-state index in [-0.39, 0.29) is 23.1 Å². The van der Waals surface area contributed by atoms with Gasteiger partial charge in [-0.05, 0) is 42.0 Å². The van der Waals surface area contributed by atoms with Gasteiger partial charge in [0.2, 0.25) is 15.9 Å². The summed E-state index contributed by atoms with van der Waals surface area (Å²) >= 11 is 0. The van der Waals surface area contributed by atoms with Crippen molar-refractivity contribution in [2.45, 2.75) is 23.9 Å². The number of ether oxygens (including phenoxy) is 1. The number of carbonyl (C=O) groups is 2. The number of methoxy groups -OCH3 is 1. The number of amides is 2. The molecule has 142 valence electrons. The topological polar surface area (TPSA) is 119 Å². The minimum Gasteiger partial charge on any atom is -0.497 e. The van der Waals surface area contributed by atoms with Gasteiger partial charge in [-0.3, -0.25) is 9.59 Å². The number of nitrogens with two attached hydrogens (primary N) is 1. The van der Waals surface area contributed by atoms with Crippen molar-refractivity contribution in [3.8, 4) is 5.75 Å². The third kappa shape index (κ3) is 4.16. The summed E-state index contributed by atoms with van der Waals surface area (Å²) in [4.78, 5) is 26.0. The Labute approximate surface area is 157 Å². The van der Waals surface area contributed by atoms with E-state index >= 15 is 0 Å². The number of hydrogen-bond acceptors (Lipinski definition) is 6. The van der Waals surface area contributed by atoms with Crippen LogP contribution in [-0.2, 0) is 26.2 Å². The Balaban J connectivity index is 1.66. The minimum absolute atomic E-state index is 0.0176. The van der Waals surface area contributed by atoms with E-state index in [1.54, 1.807) is 36.4 Å². The summed E-state index contributed by atoms with van der Waals surface area (Å²) in [7, 11) is -2.21. The molecule has 2 amide bonds. The lowest BCUT2D eigenvalue weighted by Gasteiger charge is -2.16. The minimum atomic E-state index is -3.74. The Hall–Kier alpha value is -2.75. The van der Waals surface area contributed by atoms with Crippen LogP contribution < -0.4 is 20.1 Å². The van der Waals surface area contributed by atoms with E-state index in [1.165, 1.54) is 19.2 Å². The second kappa shape index (κ2) is 7.47. The second-order valence-corrected chi connectivity index (χ2v) is 7.65. The molecule has 2 aromatic rings. The summed E-state index contributed by atoms with van der Waals surface area (Å²) in [5, 5.41) is 8.10. The van der Waals surface area contributed by atoms with Crippen molar-refractivity contribution in [3.63, 3.8) is 0 Å². The molecule has 1 fully saturated rings. The molecule has 8 nitrogen and oxygen atoms in total. The van der Waals surface area contributed by atoms with Crippen LogP contribution in [0.2, 0.25) is 0 Å². The molecule has 1 atom stereocenters. The van der Waals surface area contributed by atoms with Gasteiger partial charge in [-0.2, -0.15) is 0 Å². The van der Waals surface area contributed by atoms with Crippen LogP contribution in [0.3, 0.4) is 0 Å². The fourth-order valence-electron chi connectivity index (χ4n) is 2.83. The highest BCUT2D eigenvalue weighted by Crippen LogP contribution is 2.25. The predicted octanol–water partition coefficient (Wildman–Crippen LogP) is 0.764. The fraction of sp³-hybridized carbons (Fsp3) is 0.222. The first-order valence-corrected chi connectivity index (χ1v) is 9.70. The first-order valence-electron chi connectivity index (χ1n) is 8.15. The van der Waals surface area contributed by atoms with Crippen molar-refractivity contribution in [2.75, 3.05) is 12.0 Å². The van der Waals surface area contributed by atoms with Gasteiger partial charge in [0.1, 0.15) is 5.75 Å². The quantitative estimate of drug-likeness (QED) is 0.704. The first kappa shape index (κ1) is 19.0. The molecule has 0 bridgehead atoms. The maximum atomic E-state index is 12.6. The lowest BCUT2D eigenvalue weighted by Crippen LogP contribution is -2.38. The fourth-order valence-corrected chi connectivity index (χ4v) is 3.35. The van der Waals surface area contributed by atoms with E-state index < -0.39 is 16.1 Å². The average Bonchev–Trinajstić information content (AvgIpc) is 2.93. The van der Waals surface area contributed by atoms with Gasteiger partial charge in [0, 0.05) is 6.54 Å². The van der Waals surface area contributed by atoms with Crippen LogP contribution in [0.4, 0.5) is 5.69 Å². The Morgan fingerprint density at radius 1 is 1.11 bits per heavy atom. The van der Waals surface area contributed by atoms with E-state index in [1.807, 2.05) is 0 Å². The van der Waals surface area contributed by atoms with E-state index in [9.17, 15) is 18.0 Å². The molecule has 3 rings (SSSR count). The van der Waals surface area contributed by atoms with E-state index in [4.69, 9.17) is 9.88 Å². The SMILES string of the molecule is COc1ccc(N2C(=O)CC(NCc3ccc(S(N)(=O)=O)cc3)C2=O)cc1. The van der Waals surface area contributed by atoms with Crippen LogP contribution in [0, 0.1) is 0 Å². The zero-order valence-electron chi connectivity index (χ0n) is 14.6. The molecule has 0 aliphatic carbocycles. The van der Waals surface area contributed by atoms with Crippen LogP contribution in [0.1, 0.15) is 12.0 Å². The molecule has 1 unspecified atom stereocenters. The third-order valence-corrected chi connectivity index (χ3v) is 5.21. The Morgan fingerprint density at radius 2 is 1.74 bits per heavy atom. The Kier molecular flexibility index (Phi) is 5.26. The maximum absolute atomic E-state index is 12.6. The summed E-state index contributed by atoms with van der Waals surface area (Å²) in [5.74, 6) is 0.0222. The standard InChI is InChI=1S/C18H19N3O5S/c1-26-14-6-4-13(5-7-14)21-17(22)10-16(18(21)23)20-11-12-2-8-15(9-3-12)27(19,24)25/h2-9,16,20H,10-11H2,1H3,(H2,19,24,25). The zero-order valence-corrected chi connectivity index (χ0v) is 15.4. The number of primary sulfonamides is 1. The van der Waals surface area contributed by atoms with Crippen molar-refractivity contribution in [1.29, 1.82) is 0 Å². The Bertz CT molecular complexity index is 955. The van der Waals surface area contributed by atoms with Crippen LogP contribution in [0.5, 0.6) is 5.75 Å². The molecule has 1 saturated heterocycles. The molecular formula is C18H19N3O5S. The van der Waals surface area contributed by atoms with Gasteiger partial charge in [0.05, 0.1) is 30.2 Å². The molecule has 2 aromatic carbocycles. The summed E-state index contributed by atoms with van der Waals surface area (Å²) in [6, 6.07) is 12.1. The highest BCUT2D eigenvalue weighted by atomic mass is 32.2. The number of hydrogen-bond donors (Lipinski definition) is 2. The molecule has 9 heteroatoms. The lowest BCUT2D eigenvalue weighted by atomic mass is 10.2. The van der Waals surface area contributed by atoms with E-state index in [0.717, 1.165) is 10.5 Å². The van der Waals surface area contributed by atoms with Crippen LogP contribution in [0.15, 0.2) is 53.4 Å². The molecule has 0 aromatic heterocycles. The molecule has 0 saturated carbocycles. The van der Waals surface area contributed by atoms with Crippen molar-refractivity contribution >= 4 is 27.5 Å². The van der Waals surface area contributed by atoms with Crippen molar-refractivity contribution in [1.82, 2.24) is 5.32 Å². The molecule has 1 heterocycles. The lowest BCUT2D eigenvalue weighted by molar-refractivity contribution is -0.121. The normalized spacial score (nSPS) is 17.4. The number of anilines is 1. The molecule has 1 aliphatic rings. The molecule has 0 radical (unpaired) electrons. The van der Waals surface area contributed by atoms with Gasteiger partial charge in [0.15, 0.2) is 0 Å². The smallest absolute Gasteiger partial charge is 0.251 e. The molecular weight excluding hydrogens is 370 g/mol. The number of nitrogens with one attached hydrogen (secondary N) is 1. The number of carbonyl (C=O) groups excluding carboxylic acids is 2. The predicted molar refractivity (Wildman–Crippen MR) is 98.5 cm³/mol. The van der Waals surface area contributed by atoms with Crippen molar-refractivity contribution < 1.29 is 22.7 Å². The number of nitrogens with zero attached hydrogens (tertiary/aromatic N) is 1. The van der Waals surface area contributed by atoms with Crippen molar-refractivity contribution in [3.05, 3.63) is 54.1 Å². The highest BCUT2D eigenvalue weighted by molar-refractivity contribution is 7.89. The van der Waals surface area contributed by atoms with Gasteiger partial charge in [-0.15, -0.1) is 0 Å². The summed E-state index contributed by atoms with van der Waals surface area (Å²) < 4.78 is 27.6. The van der Waals surface area contributed by atoms with E-state index in [0.29, 0.717) is 18.0 Å². The Morgan fingerprint density at radius 3 is 2.30 bits per heavy atom. The van der Waals surface area contributed by atoms with Gasteiger partial charge >= 0.3 is 0 Å². The van der Waals surface area contributed by atoms with Gasteiger partial charge < -0.3 is 10.1 Å². The first-order chi connectivity index (χ1) is 12.8. The molecule has 3 N–H and O–H groups in total. The number of imide groups is 1. The third-order valence-electron chi connectivity index (χ3n) is 4.28. The highest BCUT2D eigenvalue weighted by Gasteiger charge is 2.39. The van der Waals surface area contributed by atoms with Gasteiger partial charge in [0.25, 0.3) is 5.91 Å². The van der Waals surface area contributed by atoms with Gasteiger partial charge in [-0.1, -0.05) is 12.1 Å². The number of benzene rings is 2.